The molecule has 2 unspecified atom stereocenters. The molecule has 3 aliphatic rings. The molecule has 116 valence electrons. The van der Waals surface area contributed by atoms with Crippen molar-refractivity contribution in [1.82, 2.24) is 10.2 Å². The molecule has 22 heavy (non-hydrogen) atoms. The predicted molar refractivity (Wildman–Crippen MR) is 82.6 cm³/mol. The van der Waals surface area contributed by atoms with Crippen LogP contribution in [0, 0.1) is 5.92 Å². The number of benzene rings is 1. The number of nitrogens with two attached hydrogens (primary N) is 1. The Morgan fingerprint density at radius 3 is 3.09 bits per heavy atom. The first-order chi connectivity index (χ1) is 10.6. The minimum Gasteiger partial charge on any atom is -0.352 e. The van der Waals surface area contributed by atoms with Crippen molar-refractivity contribution in [3.8, 4) is 0 Å². The first kappa shape index (κ1) is 13.8. The monoisotopic (exact) mass is 299 g/mol. The molecule has 3 N–H and O–H groups in total. The molecule has 1 saturated heterocycles. The minimum absolute atomic E-state index is 0.000369. The summed E-state index contributed by atoms with van der Waals surface area (Å²) >= 11 is 0. The molecule has 0 radical (unpaired) electrons. The van der Waals surface area contributed by atoms with Crippen LogP contribution in [-0.4, -0.2) is 41.9 Å². The molecule has 5 heteroatoms. The van der Waals surface area contributed by atoms with E-state index in [9.17, 15) is 9.59 Å². The summed E-state index contributed by atoms with van der Waals surface area (Å²) in [6, 6.07) is 5.50. The van der Waals surface area contributed by atoms with Gasteiger partial charge in [0.2, 0.25) is 0 Å². The van der Waals surface area contributed by atoms with Gasteiger partial charge in [-0.2, -0.15) is 0 Å². The third kappa shape index (κ3) is 2.03. The Bertz CT molecular complexity index is 657. The van der Waals surface area contributed by atoms with Gasteiger partial charge in [-0.25, -0.2) is 0 Å². The average molecular weight is 299 g/mol. The molecule has 0 aromatic heterocycles. The lowest BCUT2D eigenvalue weighted by Gasteiger charge is -2.23. The molecule has 2 heterocycles. The van der Waals surface area contributed by atoms with Crippen molar-refractivity contribution in [1.29, 1.82) is 0 Å². The molecule has 2 atom stereocenters. The molecule has 2 fully saturated rings. The molecule has 0 bridgehead atoms. The first-order valence-corrected chi connectivity index (χ1v) is 8.06. The van der Waals surface area contributed by atoms with E-state index in [1.54, 1.807) is 6.07 Å². The summed E-state index contributed by atoms with van der Waals surface area (Å²) in [5.41, 5.74) is 8.51. The van der Waals surface area contributed by atoms with E-state index in [-0.39, 0.29) is 17.4 Å². The van der Waals surface area contributed by atoms with Crippen molar-refractivity contribution in [2.75, 3.05) is 19.6 Å². The van der Waals surface area contributed by atoms with E-state index in [0.29, 0.717) is 30.1 Å². The quantitative estimate of drug-likeness (QED) is 0.810. The largest absolute Gasteiger partial charge is 0.352 e. The summed E-state index contributed by atoms with van der Waals surface area (Å²) in [6.45, 7) is 2.06. The molecule has 1 aromatic carbocycles. The van der Waals surface area contributed by atoms with Crippen LogP contribution in [0.5, 0.6) is 0 Å². The lowest BCUT2D eigenvalue weighted by molar-refractivity contribution is 0.0778. The van der Waals surface area contributed by atoms with E-state index in [4.69, 9.17) is 5.73 Å². The van der Waals surface area contributed by atoms with Crippen LogP contribution in [0.15, 0.2) is 18.2 Å². The summed E-state index contributed by atoms with van der Waals surface area (Å²) in [5, 5.41) is 2.83. The van der Waals surface area contributed by atoms with Crippen LogP contribution < -0.4 is 11.1 Å². The van der Waals surface area contributed by atoms with Gasteiger partial charge in [-0.1, -0.05) is 12.5 Å². The van der Waals surface area contributed by atoms with Gasteiger partial charge < -0.3 is 16.0 Å². The molecule has 1 saturated carbocycles. The second kappa shape index (κ2) is 4.81. The molecule has 0 spiro atoms. The Morgan fingerprint density at radius 1 is 1.41 bits per heavy atom. The molecule has 1 aliphatic carbocycles. The van der Waals surface area contributed by atoms with Crippen LogP contribution >= 0.6 is 0 Å². The van der Waals surface area contributed by atoms with Crippen LogP contribution in [0.25, 0.3) is 0 Å². The van der Waals surface area contributed by atoms with Crippen molar-refractivity contribution in [2.45, 2.75) is 31.2 Å². The van der Waals surface area contributed by atoms with Gasteiger partial charge in [0.25, 0.3) is 11.8 Å². The number of likely N-dealkylation sites (tertiary alicyclic amines) is 1. The Hall–Kier alpha value is -1.88. The summed E-state index contributed by atoms with van der Waals surface area (Å²) in [6.07, 6.45) is 4.12. The van der Waals surface area contributed by atoms with Crippen LogP contribution in [0.1, 0.15) is 45.5 Å². The van der Waals surface area contributed by atoms with E-state index < -0.39 is 0 Å². The zero-order valence-corrected chi connectivity index (χ0v) is 12.6. The molecule has 2 aliphatic heterocycles. The van der Waals surface area contributed by atoms with Gasteiger partial charge in [-0.05, 0) is 42.9 Å². The van der Waals surface area contributed by atoms with Crippen molar-refractivity contribution in [3.63, 3.8) is 0 Å². The van der Waals surface area contributed by atoms with Crippen LogP contribution in [0.3, 0.4) is 0 Å². The second-order valence-corrected chi connectivity index (χ2v) is 6.89. The molecular weight excluding hydrogens is 278 g/mol. The zero-order valence-electron chi connectivity index (χ0n) is 12.6. The number of rotatable bonds is 1. The van der Waals surface area contributed by atoms with Crippen molar-refractivity contribution in [3.05, 3.63) is 34.9 Å². The topological polar surface area (TPSA) is 75.4 Å². The number of hydrogen-bond acceptors (Lipinski definition) is 3. The highest BCUT2D eigenvalue weighted by Gasteiger charge is 2.48. The van der Waals surface area contributed by atoms with Crippen molar-refractivity contribution < 1.29 is 9.59 Å². The Morgan fingerprint density at radius 2 is 2.27 bits per heavy atom. The molecule has 4 rings (SSSR count). The van der Waals surface area contributed by atoms with Crippen molar-refractivity contribution >= 4 is 11.8 Å². The lowest BCUT2D eigenvalue weighted by atomic mass is 9.92. The highest BCUT2D eigenvalue weighted by atomic mass is 16.2. The van der Waals surface area contributed by atoms with Gasteiger partial charge in [0.05, 0.1) is 0 Å². The van der Waals surface area contributed by atoms with E-state index >= 15 is 0 Å². The summed E-state index contributed by atoms with van der Waals surface area (Å²) < 4.78 is 0. The zero-order chi connectivity index (χ0) is 15.3. The standard InChI is InChI=1S/C17H21N3O2/c18-17-6-1-2-13(17)9-20(10-17)16(22)12-4-3-11-5-7-19-15(21)14(11)8-12/h3-4,8,13H,1-2,5-7,9-10,18H2,(H,19,21). The number of amides is 2. The van der Waals surface area contributed by atoms with Crippen LogP contribution in [0.2, 0.25) is 0 Å². The number of nitrogens with one attached hydrogen (secondary N) is 1. The molecule has 1 aromatic rings. The summed E-state index contributed by atoms with van der Waals surface area (Å²) in [4.78, 5) is 26.6. The Labute approximate surface area is 129 Å². The van der Waals surface area contributed by atoms with Gasteiger partial charge in [-0.3, -0.25) is 9.59 Å². The molecular formula is C17H21N3O2. The van der Waals surface area contributed by atoms with Gasteiger partial charge in [0.15, 0.2) is 0 Å². The predicted octanol–water partition coefficient (Wildman–Crippen LogP) is 0.926. The highest BCUT2D eigenvalue weighted by Crippen LogP contribution is 2.40. The highest BCUT2D eigenvalue weighted by molar-refractivity contribution is 6.01. The van der Waals surface area contributed by atoms with E-state index in [1.807, 2.05) is 17.0 Å². The number of carbonyl (C=O) groups excluding carboxylic acids is 2. The maximum absolute atomic E-state index is 12.8. The third-order valence-electron chi connectivity index (χ3n) is 5.50. The maximum atomic E-state index is 12.8. The fourth-order valence-corrected chi connectivity index (χ4v) is 4.22. The van der Waals surface area contributed by atoms with Gasteiger partial charge >= 0.3 is 0 Å². The smallest absolute Gasteiger partial charge is 0.253 e. The molecule has 5 nitrogen and oxygen atoms in total. The van der Waals surface area contributed by atoms with Crippen LogP contribution in [-0.2, 0) is 6.42 Å². The van der Waals surface area contributed by atoms with Gasteiger partial charge in [0, 0.05) is 36.3 Å². The van der Waals surface area contributed by atoms with Crippen LogP contribution in [0.4, 0.5) is 0 Å². The minimum atomic E-state index is -0.193. The Balaban J connectivity index is 1.59. The number of fused-ring (bicyclic) bond motifs is 2. The fraction of sp³-hybridized carbons (Fsp3) is 0.529. The number of hydrogen-bond donors (Lipinski definition) is 2. The van der Waals surface area contributed by atoms with Crippen molar-refractivity contribution in [2.24, 2.45) is 11.7 Å². The number of carbonyl (C=O) groups is 2. The maximum Gasteiger partial charge on any atom is 0.253 e. The Kier molecular flexibility index (Phi) is 3.01. The first-order valence-electron chi connectivity index (χ1n) is 8.06. The second-order valence-electron chi connectivity index (χ2n) is 6.89. The fourth-order valence-electron chi connectivity index (χ4n) is 4.22. The summed E-state index contributed by atoms with van der Waals surface area (Å²) in [7, 11) is 0. The van der Waals surface area contributed by atoms with Gasteiger partial charge in [0.1, 0.15) is 0 Å². The van der Waals surface area contributed by atoms with E-state index in [2.05, 4.69) is 5.32 Å². The van der Waals surface area contributed by atoms with E-state index in [1.165, 1.54) is 6.42 Å². The third-order valence-corrected chi connectivity index (χ3v) is 5.50. The normalized spacial score (nSPS) is 30.0. The van der Waals surface area contributed by atoms with Gasteiger partial charge in [-0.15, -0.1) is 0 Å². The average Bonchev–Trinajstić information content (AvgIpc) is 3.01. The van der Waals surface area contributed by atoms with E-state index in [0.717, 1.165) is 31.4 Å². The number of nitrogens with zero attached hydrogens (tertiary/aromatic N) is 1. The lowest BCUT2D eigenvalue weighted by Crippen LogP contribution is -2.44. The molecule has 2 amide bonds. The SMILES string of the molecule is NC12CCCC1CN(C(=O)c1ccc3c(c1)C(=O)NCC3)C2. The summed E-state index contributed by atoms with van der Waals surface area (Å²) in [5.74, 6) is 0.349.